The topological polar surface area (TPSA) is 84.2 Å². The molecule has 0 atom stereocenters. The Hall–Kier alpha value is -1.32. The molecule has 0 aliphatic heterocycles. The molecule has 0 heterocycles. The van der Waals surface area contributed by atoms with Crippen molar-refractivity contribution >= 4 is 15.9 Å². The third kappa shape index (κ3) is 5.52. The lowest BCUT2D eigenvalue weighted by Crippen LogP contribution is -2.33. The highest BCUT2D eigenvalue weighted by molar-refractivity contribution is 7.90. The molecule has 4 N–H and O–H groups in total. The summed E-state index contributed by atoms with van der Waals surface area (Å²) in [6.45, 7) is 3.51. The van der Waals surface area contributed by atoms with Crippen LogP contribution in [-0.2, 0) is 22.9 Å². The van der Waals surface area contributed by atoms with Crippen LogP contribution >= 0.6 is 0 Å². The predicted molar refractivity (Wildman–Crippen MR) is 74.7 cm³/mol. The van der Waals surface area contributed by atoms with Gasteiger partial charge in [-0.15, -0.1) is 0 Å². The standard InChI is InChI=1S/C12H18F3N3O2S/c1-8(2)7-17-21(19,20)18-10-4-3-9(6-16)11(5-10)12(13,14)15/h3-5,8,17-18H,6-7,16H2,1-2H3. The monoisotopic (exact) mass is 325 g/mol. The fourth-order valence-corrected chi connectivity index (χ4v) is 2.61. The molecule has 1 rings (SSSR count). The number of nitrogens with one attached hydrogen (secondary N) is 2. The lowest BCUT2D eigenvalue weighted by Gasteiger charge is -2.15. The number of halogens is 3. The van der Waals surface area contributed by atoms with Crippen LogP contribution in [0.2, 0.25) is 0 Å². The summed E-state index contributed by atoms with van der Waals surface area (Å²) in [5.74, 6) is 0.0759. The van der Waals surface area contributed by atoms with E-state index < -0.39 is 21.9 Å². The van der Waals surface area contributed by atoms with E-state index in [1.807, 2.05) is 0 Å². The van der Waals surface area contributed by atoms with Gasteiger partial charge in [0.25, 0.3) is 10.2 Å². The van der Waals surface area contributed by atoms with E-state index in [4.69, 9.17) is 5.73 Å². The van der Waals surface area contributed by atoms with Crippen molar-refractivity contribution in [2.24, 2.45) is 11.7 Å². The van der Waals surface area contributed by atoms with Gasteiger partial charge in [0.1, 0.15) is 0 Å². The Kier molecular flexibility index (Phi) is 5.60. The molecule has 0 saturated carbocycles. The Balaban J connectivity index is 3.00. The Morgan fingerprint density at radius 3 is 2.38 bits per heavy atom. The van der Waals surface area contributed by atoms with E-state index in [1.54, 1.807) is 13.8 Å². The summed E-state index contributed by atoms with van der Waals surface area (Å²) < 4.78 is 66.3. The molecule has 0 spiro atoms. The lowest BCUT2D eigenvalue weighted by atomic mass is 10.1. The van der Waals surface area contributed by atoms with E-state index >= 15 is 0 Å². The maximum absolute atomic E-state index is 12.9. The molecule has 0 radical (unpaired) electrons. The van der Waals surface area contributed by atoms with E-state index in [9.17, 15) is 21.6 Å². The zero-order valence-corrected chi connectivity index (χ0v) is 12.5. The molecule has 0 bridgehead atoms. The number of hydrogen-bond acceptors (Lipinski definition) is 3. The van der Waals surface area contributed by atoms with Crippen molar-refractivity contribution in [3.8, 4) is 0 Å². The second kappa shape index (κ2) is 6.63. The molecule has 9 heteroatoms. The first-order chi connectivity index (χ1) is 9.55. The summed E-state index contributed by atoms with van der Waals surface area (Å²) in [4.78, 5) is 0. The van der Waals surface area contributed by atoms with Crippen molar-refractivity contribution in [2.45, 2.75) is 26.6 Å². The molecular weight excluding hydrogens is 307 g/mol. The highest BCUT2D eigenvalue weighted by Crippen LogP contribution is 2.33. The van der Waals surface area contributed by atoms with Crippen molar-refractivity contribution in [3.05, 3.63) is 29.3 Å². The summed E-state index contributed by atoms with van der Waals surface area (Å²) in [5, 5.41) is 0. The Morgan fingerprint density at radius 2 is 1.90 bits per heavy atom. The van der Waals surface area contributed by atoms with Crippen molar-refractivity contribution in [2.75, 3.05) is 11.3 Å². The SMILES string of the molecule is CC(C)CNS(=O)(=O)Nc1ccc(CN)c(C(F)(F)F)c1. The van der Waals surface area contributed by atoms with Crippen LogP contribution in [0.5, 0.6) is 0 Å². The van der Waals surface area contributed by atoms with E-state index in [0.29, 0.717) is 0 Å². The number of alkyl halides is 3. The van der Waals surface area contributed by atoms with Crippen molar-refractivity contribution in [1.29, 1.82) is 0 Å². The predicted octanol–water partition coefficient (Wildman–Crippen LogP) is 2.07. The average Bonchev–Trinajstić information content (AvgIpc) is 2.35. The highest BCUT2D eigenvalue weighted by Gasteiger charge is 2.33. The van der Waals surface area contributed by atoms with Gasteiger partial charge in [0.15, 0.2) is 0 Å². The fourth-order valence-electron chi connectivity index (χ4n) is 1.55. The first kappa shape index (κ1) is 17.7. The first-order valence-corrected chi connectivity index (χ1v) is 7.71. The number of nitrogens with two attached hydrogens (primary N) is 1. The fraction of sp³-hybridized carbons (Fsp3) is 0.500. The molecule has 0 amide bonds. The molecule has 1 aromatic carbocycles. The second-order valence-electron chi connectivity index (χ2n) is 4.92. The molecule has 0 aromatic heterocycles. The second-order valence-corrected chi connectivity index (χ2v) is 6.42. The maximum Gasteiger partial charge on any atom is 0.416 e. The van der Waals surface area contributed by atoms with Crippen molar-refractivity contribution in [3.63, 3.8) is 0 Å². The van der Waals surface area contributed by atoms with E-state index in [2.05, 4.69) is 9.44 Å². The number of hydrogen-bond donors (Lipinski definition) is 3. The van der Waals surface area contributed by atoms with Gasteiger partial charge in [-0.05, 0) is 23.6 Å². The van der Waals surface area contributed by atoms with Crippen LogP contribution in [0.4, 0.5) is 18.9 Å². The van der Waals surface area contributed by atoms with Gasteiger partial charge in [0.05, 0.1) is 11.3 Å². The van der Waals surface area contributed by atoms with E-state index in [0.717, 1.165) is 12.1 Å². The quantitative estimate of drug-likeness (QED) is 0.748. The van der Waals surface area contributed by atoms with Gasteiger partial charge in [0.2, 0.25) is 0 Å². The highest BCUT2D eigenvalue weighted by atomic mass is 32.2. The summed E-state index contributed by atoms with van der Waals surface area (Å²) in [6.07, 6.45) is -4.60. The molecule has 5 nitrogen and oxygen atoms in total. The molecular formula is C12H18F3N3O2S. The Bertz CT molecular complexity index is 586. The smallest absolute Gasteiger partial charge is 0.326 e. The molecule has 0 unspecified atom stereocenters. The first-order valence-electron chi connectivity index (χ1n) is 6.22. The van der Waals surface area contributed by atoms with E-state index in [-0.39, 0.29) is 30.3 Å². The molecule has 0 aliphatic carbocycles. The van der Waals surface area contributed by atoms with Gasteiger partial charge >= 0.3 is 6.18 Å². The van der Waals surface area contributed by atoms with Gasteiger partial charge in [0, 0.05) is 13.1 Å². The van der Waals surface area contributed by atoms with Gasteiger partial charge in [-0.25, -0.2) is 0 Å². The van der Waals surface area contributed by atoms with Crippen LogP contribution in [0.1, 0.15) is 25.0 Å². The average molecular weight is 325 g/mol. The zero-order chi connectivity index (χ0) is 16.3. The van der Waals surface area contributed by atoms with Crippen LogP contribution in [0.15, 0.2) is 18.2 Å². The van der Waals surface area contributed by atoms with E-state index in [1.165, 1.54) is 6.07 Å². The summed E-state index contributed by atoms with van der Waals surface area (Å²) >= 11 is 0. The maximum atomic E-state index is 12.9. The Morgan fingerprint density at radius 1 is 1.29 bits per heavy atom. The van der Waals surface area contributed by atoms with Crippen LogP contribution in [0.3, 0.4) is 0 Å². The largest absolute Gasteiger partial charge is 0.416 e. The minimum atomic E-state index is -4.60. The molecule has 0 fully saturated rings. The normalized spacial score (nSPS) is 12.7. The number of benzene rings is 1. The third-order valence-electron chi connectivity index (χ3n) is 2.57. The van der Waals surface area contributed by atoms with Crippen molar-refractivity contribution < 1.29 is 21.6 Å². The lowest BCUT2D eigenvalue weighted by molar-refractivity contribution is -0.138. The number of rotatable bonds is 6. The third-order valence-corrected chi connectivity index (χ3v) is 3.62. The van der Waals surface area contributed by atoms with Crippen LogP contribution in [0.25, 0.3) is 0 Å². The summed E-state index contributed by atoms with van der Waals surface area (Å²) in [7, 11) is -3.91. The summed E-state index contributed by atoms with van der Waals surface area (Å²) in [6, 6.07) is 3.13. The Labute approximate surface area is 121 Å². The van der Waals surface area contributed by atoms with Gasteiger partial charge < -0.3 is 5.73 Å². The van der Waals surface area contributed by atoms with Gasteiger partial charge in [-0.3, -0.25) is 4.72 Å². The molecule has 1 aromatic rings. The van der Waals surface area contributed by atoms with Gasteiger partial charge in [-0.1, -0.05) is 19.9 Å². The molecule has 120 valence electrons. The van der Waals surface area contributed by atoms with Gasteiger partial charge in [-0.2, -0.15) is 26.3 Å². The molecule has 0 aliphatic rings. The van der Waals surface area contributed by atoms with Crippen LogP contribution in [-0.4, -0.2) is 15.0 Å². The molecule has 21 heavy (non-hydrogen) atoms. The zero-order valence-electron chi connectivity index (χ0n) is 11.7. The molecule has 0 saturated heterocycles. The minimum absolute atomic E-state index is 0.0759. The van der Waals surface area contributed by atoms with Crippen LogP contribution in [0, 0.1) is 5.92 Å². The van der Waals surface area contributed by atoms with Crippen LogP contribution < -0.4 is 15.2 Å². The summed E-state index contributed by atoms with van der Waals surface area (Å²) in [5.41, 5.74) is 4.04. The number of anilines is 1. The minimum Gasteiger partial charge on any atom is -0.326 e. The van der Waals surface area contributed by atoms with Crippen molar-refractivity contribution in [1.82, 2.24) is 4.72 Å².